The molecule has 3 atom stereocenters. The topological polar surface area (TPSA) is 12.5 Å². The zero-order valence-corrected chi connectivity index (χ0v) is 7.39. The fourth-order valence-electron chi connectivity index (χ4n) is 3.43. The van der Waals surface area contributed by atoms with Crippen molar-refractivity contribution >= 4 is 0 Å². The van der Waals surface area contributed by atoms with Gasteiger partial charge in [0.1, 0.15) is 0 Å². The highest BCUT2D eigenvalue weighted by Gasteiger charge is 2.67. The quantitative estimate of drug-likeness (QED) is 0.485. The zero-order valence-electron chi connectivity index (χ0n) is 7.39. The molecule has 1 saturated heterocycles. The average Bonchev–Trinajstić information content (AvgIpc) is 2.69. The lowest BCUT2D eigenvalue weighted by atomic mass is 9.45. The summed E-state index contributed by atoms with van der Waals surface area (Å²) in [4.78, 5) is 0. The van der Waals surface area contributed by atoms with E-state index in [0.717, 1.165) is 18.4 Å². The normalized spacial score (nSPS) is 57.3. The van der Waals surface area contributed by atoms with E-state index in [4.69, 9.17) is 4.74 Å². The maximum absolute atomic E-state index is 5.62. The van der Waals surface area contributed by atoms with Crippen molar-refractivity contribution in [2.75, 3.05) is 6.61 Å². The van der Waals surface area contributed by atoms with Crippen LogP contribution in [-0.2, 0) is 4.74 Å². The third-order valence-electron chi connectivity index (χ3n) is 4.54. The Labute approximate surface area is 68.1 Å². The van der Waals surface area contributed by atoms with Crippen molar-refractivity contribution in [3.8, 4) is 0 Å². The SMILES string of the molecule is CC1(C)[C@@H]2CCC3(CO3)[C@H]1C2. The van der Waals surface area contributed by atoms with Crippen molar-refractivity contribution in [2.24, 2.45) is 17.3 Å². The summed E-state index contributed by atoms with van der Waals surface area (Å²) in [5.41, 5.74) is 0.993. The molecule has 1 heteroatoms. The Morgan fingerprint density at radius 2 is 2.09 bits per heavy atom. The van der Waals surface area contributed by atoms with Crippen LogP contribution in [0.3, 0.4) is 0 Å². The Bertz CT molecular complexity index is 199. The van der Waals surface area contributed by atoms with E-state index >= 15 is 0 Å². The van der Waals surface area contributed by atoms with Crippen LogP contribution in [-0.4, -0.2) is 12.2 Å². The molecule has 62 valence electrons. The smallest absolute Gasteiger partial charge is 0.0949 e. The van der Waals surface area contributed by atoms with Crippen LogP contribution in [0.15, 0.2) is 0 Å². The lowest BCUT2D eigenvalue weighted by Crippen LogP contribution is -2.56. The Morgan fingerprint density at radius 3 is 2.45 bits per heavy atom. The molecule has 3 saturated carbocycles. The molecule has 4 aliphatic rings. The summed E-state index contributed by atoms with van der Waals surface area (Å²) in [7, 11) is 0. The van der Waals surface area contributed by atoms with E-state index in [0.29, 0.717) is 11.0 Å². The molecule has 0 radical (unpaired) electrons. The Hall–Kier alpha value is -0.0400. The van der Waals surface area contributed by atoms with Crippen molar-refractivity contribution < 1.29 is 4.74 Å². The Balaban J connectivity index is 1.94. The lowest BCUT2D eigenvalue weighted by molar-refractivity contribution is -0.115. The third-order valence-corrected chi connectivity index (χ3v) is 4.54. The summed E-state index contributed by atoms with van der Waals surface area (Å²) < 4.78 is 5.62. The molecule has 11 heavy (non-hydrogen) atoms. The Kier molecular flexibility index (Phi) is 0.893. The molecule has 0 aromatic carbocycles. The molecule has 1 heterocycles. The molecule has 1 unspecified atom stereocenters. The second-order valence-electron chi connectivity index (χ2n) is 5.20. The van der Waals surface area contributed by atoms with Crippen molar-refractivity contribution in [3.05, 3.63) is 0 Å². The van der Waals surface area contributed by atoms with Crippen LogP contribution < -0.4 is 0 Å². The number of rotatable bonds is 0. The van der Waals surface area contributed by atoms with Gasteiger partial charge in [0.15, 0.2) is 0 Å². The van der Waals surface area contributed by atoms with E-state index in [-0.39, 0.29) is 0 Å². The fourth-order valence-corrected chi connectivity index (χ4v) is 3.43. The van der Waals surface area contributed by atoms with Gasteiger partial charge in [0.25, 0.3) is 0 Å². The van der Waals surface area contributed by atoms with E-state index in [1.807, 2.05) is 0 Å². The first-order valence-electron chi connectivity index (χ1n) is 4.79. The minimum atomic E-state index is 0.387. The second kappa shape index (κ2) is 1.52. The van der Waals surface area contributed by atoms with Crippen LogP contribution in [0.4, 0.5) is 0 Å². The van der Waals surface area contributed by atoms with Gasteiger partial charge in [-0.05, 0) is 36.5 Å². The first kappa shape index (κ1) is 6.47. The van der Waals surface area contributed by atoms with Crippen molar-refractivity contribution in [1.29, 1.82) is 0 Å². The number of epoxide rings is 1. The van der Waals surface area contributed by atoms with Crippen LogP contribution in [0, 0.1) is 17.3 Å². The van der Waals surface area contributed by atoms with Gasteiger partial charge in [-0.15, -0.1) is 0 Å². The van der Waals surface area contributed by atoms with Crippen LogP contribution in [0.5, 0.6) is 0 Å². The van der Waals surface area contributed by atoms with Gasteiger partial charge < -0.3 is 4.74 Å². The van der Waals surface area contributed by atoms with Gasteiger partial charge in [0, 0.05) is 0 Å². The maximum atomic E-state index is 5.62. The second-order valence-corrected chi connectivity index (χ2v) is 5.20. The summed E-state index contributed by atoms with van der Waals surface area (Å²) in [6.45, 7) is 5.91. The average molecular weight is 152 g/mol. The minimum absolute atomic E-state index is 0.387. The minimum Gasteiger partial charge on any atom is -0.369 e. The molecule has 1 nitrogen and oxygen atoms in total. The van der Waals surface area contributed by atoms with E-state index in [1.54, 1.807) is 0 Å². The molecule has 0 aromatic heterocycles. The van der Waals surface area contributed by atoms with Gasteiger partial charge in [-0.2, -0.15) is 0 Å². The fraction of sp³-hybridized carbons (Fsp3) is 1.00. The van der Waals surface area contributed by atoms with E-state index in [9.17, 15) is 0 Å². The van der Waals surface area contributed by atoms with E-state index < -0.39 is 0 Å². The molecule has 3 aliphatic carbocycles. The molecular weight excluding hydrogens is 136 g/mol. The summed E-state index contributed by atoms with van der Waals surface area (Å²) in [5, 5.41) is 0. The highest BCUT2D eigenvalue weighted by molar-refractivity contribution is 5.15. The molecule has 4 rings (SSSR count). The van der Waals surface area contributed by atoms with Gasteiger partial charge in [-0.3, -0.25) is 0 Å². The molecule has 1 spiro atoms. The van der Waals surface area contributed by atoms with Gasteiger partial charge in [-0.25, -0.2) is 0 Å². The van der Waals surface area contributed by atoms with Crippen LogP contribution >= 0.6 is 0 Å². The van der Waals surface area contributed by atoms with E-state index in [1.165, 1.54) is 19.3 Å². The summed E-state index contributed by atoms with van der Waals surface area (Å²) in [5.74, 6) is 1.91. The van der Waals surface area contributed by atoms with Crippen molar-refractivity contribution in [3.63, 3.8) is 0 Å². The summed E-state index contributed by atoms with van der Waals surface area (Å²) in [6.07, 6.45) is 4.22. The van der Waals surface area contributed by atoms with Crippen LogP contribution in [0.1, 0.15) is 33.1 Å². The zero-order chi connectivity index (χ0) is 7.69. The van der Waals surface area contributed by atoms with Gasteiger partial charge in [0.2, 0.25) is 0 Å². The van der Waals surface area contributed by atoms with Gasteiger partial charge >= 0.3 is 0 Å². The number of fused-ring (bicyclic) bond motifs is 1. The lowest BCUT2D eigenvalue weighted by Gasteiger charge is -2.59. The molecule has 0 aromatic rings. The summed E-state index contributed by atoms with van der Waals surface area (Å²) >= 11 is 0. The maximum Gasteiger partial charge on any atom is 0.0949 e. The summed E-state index contributed by atoms with van der Waals surface area (Å²) in [6, 6.07) is 0. The molecule has 0 N–H and O–H groups in total. The van der Waals surface area contributed by atoms with E-state index in [2.05, 4.69) is 13.8 Å². The largest absolute Gasteiger partial charge is 0.369 e. The molecule has 4 fully saturated rings. The Morgan fingerprint density at radius 1 is 1.36 bits per heavy atom. The molecule has 2 bridgehead atoms. The first-order chi connectivity index (χ1) is 5.15. The predicted octanol–water partition coefficient (Wildman–Crippen LogP) is 2.21. The highest BCUT2D eigenvalue weighted by atomic mass is 16.6. The molecule has 0 amide bonds. The monoisotopic (exact) mass is 152 g/mol. The van der Waals surface area contributed by atoms with Crippen molar-refractivity contribution in [2.45, 2.75) is 38.7 Å². The highest BCUT2D eigenvalue weighted by Crippen LogP contribution is 2.67. The third kappa shape index (κ3) is 0.581. The predicted molar refractivity (Wildman–Crippen MR) is 43.3 cm³/mol. The number of hydrogen-bond acceptors (Lipinski definition) is 1. The van der Waals surface area contributed by atoms with Crippen LogP contribution in [0.2, 0.25) is 0 Å². The number of ether oxygens (including phenoxy) is 1. The van der Waals surface area contributed by atoms with Crippen LogP contribution in [0.25, 0.3) is 0 Å². The number of hydrogen-bond donors (Lipinski definition) is 0. The molecular formula is C10H16O. The van der Waals surface area contributed by atoms with Crippen molar-refractivity contribution in [1.82, 2.24) is 0 Å². The standard InChI is InChI=1S/C10H16O/c1-9(2)7-3-4-10(6-11-10)8(9)5-7/h7-8H,3-6H2,1-2H3/t7-,8+,10?/m1/s1. The molecule has 1 aliphatic heterocycles. The van der Waals surface area contributed by atoms with Gasteiger partial charge in [-0.1, -0.05) is 13.8 Å². The first-order valence-corrected chi connectivity index (χ1v) is 4.79. The van der Waals surface area contributed by atoms with Gasteiger partial charge in [0.05, 0.1) is 12.2 Å².